The second kappa shape index (κ2) is 5.35. The van der Waals surface area contributed by atoms with Gasteiger partial charge in [-0.3, -0.25) is 0 Å². The minimum atomic E-state index is -0.325. The Morgan fingerprint density at radius 2 is 2.22 bits per heavy atom. The van der Waals surface area contributed by atoms with E-state index in [2.05, 4.69) is 10.2 Å². The van der Waals surface area contributed by atoms with Crippen molar-refractivity contribution in [3.05, 3.63) is 41.5 Å². The minimum absolute atomic E-state index is 0.263. The van der Waals surface area contributed by atoms with Gasteiger partial charge in [-0.15, -0.1) is 16.7 Å². The Morgan fingerprint density at radius 1 is 1.44 bits per heavy atom. The van der Waals surface area contributed by atoms with E-state index in [0.29, 0.717) is 18.5 Å². The summed E-state index contributed by atoms with van der Waals surface area (Å²) in [5.74, 6) is 0.110. The summed E-state index contributed by atoms with van der Waals surface area (Å²) in [6.45, 7) is 2.24. The molecule has 0 N–H and O–H groups in total. The van der Waals surface area contributed by atoms with E-state index in [0.717, 1.165) is 5.56 Å². The number of halogens is 2. The molecule has 0 bridgehead atoms. The van der Waals surface area contributed by atoms with Gasteiger partial charge in [0.05, 0.1) is 0 Å². The van der Waals surface area contributed by atoms with E-state index in [4.69, 9.17) is 16.0 Å². The highest BCUT2D eigenvalue weighted by molar-refractivity contribution is 6.20. The molecule has 0 fully saturated rings. The second-order valence-electron chi connectivity index (χ2n) is 4.02. The van der Waals surface area contributed by atoms with Crippen LogP contribution < -0.4 is 4.90 Å². The number of alkyl halides is 1. The fourth-order valence-electron chi connectivity index (χ4n) is 1.52. The van der Waals surface area contributed by atoms with Gasteiger partial charge in [0, 0.05) is 13.6 Å². The van der Waals surface area contributed by atoms with Crippen LogP contribution in [0.4, 0.5) is 10.4 Å². The summed E-state index contributed by atoms with van der Waals surface area (Å²) < 4.78 is 18.4. The summed E-state index contributed by atoms with van der Waals surface area (Å²) in [6, 6.07) is 6.74. The normalized spacial score (nSPS) is 12.4. The molecular formula is C12H13ClFN3O. The van der Waals surface area contributed by atoms with E-state index in [1.807, 2.05) is 6.07 Å². The summed E-state index contributed by atoms with van der Waals surface area (Å²) in [5.41, 5.74) is 0.830. The predicted octanol–water partition coefficient (Wildman–Crippen LogP) is 3.14. The molecule has 1 heterocycles. The molecular weight excluding hydrogens is 257 g/mol. The molecule has 0 spiro atoms. The smallest absolute Gasteiger partial charge is 0.318 e. The van der Waals surface area contributed by atoms with Gasteiger partial charge in [-0.2, -0.15) is 0 Å². The number of benzene rings is 1. The van der Waals surface area contributed by atoms with Crippen molar-refractivity contribution in [3.63, 3.8) is 0 Å². The highest BCUT2D eigenvalue weighted by Gasteiger charge is 2.14. The Bertz CT molecular complexity index is 530. The zero-order valence-corrected chi connectivity index (χ0v) is 10.9. The van der Waals surface area contributed by atoms with Gasteiger partial charge in [0.25, 0.3) is 0 Å². The topological polar surface area (TPSA) is 42.2 Å². The third-order valence-electron chi connectivity index (χ3n) is 2.41. The minimum Gasteiger partial charge on any atom is -0.406 e. The third kappa shape index (κ3) is 2.98. The van der Waals surface area contributed by atoms with Crippen molar-refractivity contribution in [1.82, 2.24) is 10.2 Å². The number of anilines is 1. The van der Waals surface area contributed by atoms with E-state index >= 15 is 0 Å². The Labute approximate surface area is 109 Å². The first kappa shape index (κ1) is 12.8. The Kier molecular flexibility index (Phi) is 3.81. The molecule has 0 aliphatic rings. The Hall–Kier alpha value is -1.62. The van der Waals surface area contributed by atoms with Crippen LogP contribution in [0.3, 0.4) is 0 Å². The lowest BCUT2D eigenvalue weighted by Crippen LogP contribution is -2.16. The second-order valence-corrected chi connectivity index (χ2v) is 4.68. The highest BCUT2D eigenvalue weighted by atomic mass is 35.5. The summed E-state index contributed by atoms with van der Waals surface area (Å²) >= 11 is 5.84. The SMILES string of the molecule is CC(Cl)c1nnc(N(C)Cc2cccc(F)c2)o1. The van der Waals surface area contributed by atoms with Gasteiger partial charge in [0.2, 0.25) is 5.89 Å². The molecule has 96 valence electrons. The first-order valence-corrected chi connectivity index (χ1v) is 5.93. The first-order chi connectivity index (χ1) is 8.56. The molecule has 0 saturated heterocycles. The molecule has 1 unspecified atom stereocenters. The van der Waals surface area contributed by atoms with Crippen molar-refractivity contribution in [2.24, 2.45) is 0 Å². The molecule has 0 amide bonds. The van der Waals surface area contributed by atoms with Crippen LogP contribution in [0.25, 0.3) is 0 Å². The van der Waals surface area contributed by atoms with Crippen LogP contribution in [0.5, 0.6) is 0 Å². The maximum Gasteiger partial charge on any atom is 0.318 e. The molecule has 0 aliphatic carbocycles. The number of hydrogen-bond acceptors (Lipinski definition) is 4. The Balaban J connectivity index is 2.09. The van der Waals surface area contributed by atoms with Gasteiger partial charge in [0.1, 0.15) is 11.2 Å². The summed E-state index contributed by atoms with van der Waals surface area (Å²) in [5, 5.41) is 7.39. The molecule has 6 heteroatoms. The third-order valence-corrected chi connectivity index (χ3v) is 2.59. The van der Waals surface area contributed by atoms with E-state index in [-0.39, 0.29) is 11.2 Å². The monoisotopic (exact) mass is 269 g/mol. The van der Waals surface area contributed by atoms with E-state index in [1.165, 1.54) is 12.1 Å². The van der Waals surface area contributed by atoms with Crippen molar-refractivity contribution in [2.45, 2.75) is 18.8 Å². The fourth-order valence-corrected chi connectivity index (χ4v) is 1.61. The van der Waals surface area contributed by atoms with Crippen LogP contribution in [-0.2, 0) is 6.54 Å². The van der Waals surface area contributed by atoms with Gasteiger partial charge >= 0.3 is 6.01 Å². The number of rotatable bonds is 4. The van der Waals surface area contributed by atoms with Crippen LogP contribution in [-0.4, -0.2) is 17.2 Å². The zero-order chi connectivity index (χ0) is 13.1. The Morgan fingerprint density at radius 3 is 2.83 bits per heavy atom. The van der Waals surface area contributed by atoms with Gasteiger partial charge < -0.3 is 9.32 Å². The summed E-state index contributed by atoms with van der Waals surface area (Å²) in [6.07, 6.45) is 0. The largest absolute Gasteiger partial charge is 0.406 e. The molecule has 2 rings (SSSR count). The van der Waals surface area contributed by atoms with Gasteiger partial charge in [-0.1, -0.05) is 17.2 Å². The van der Waals surface area contributed by atoms with Crippen molar-refractivity contribution in [2.75, 3.05) is 11.9 Å². The quantitative estimate of drug-likeness (QED) is 0.800. The molecule has 0 saturated carbocycles. The average Bonchev–Trinajstić information content (AvgIpc) is 2.78. The number of hydrogen-bond donors (Lipinski definition) is 0. The van der Waals surface area contributed by atoms with Gasteiger partial charge in [0.15, 0.2) is 0 Å². The zero-order valence-electron chi connectivity index (χ0n) is 10.1. The van der Waals surface area contributed by atoms with Gasteiger partial charge in [-0.05, 0) is 24.6 Å². The van der Waals surface area contributed by atoms with Crippen molar-refractivity contribution < 1.29 is 8.81 Å². The first-order valence-electron chi connectivity index (χ1n) is 5.49. The standard InChI is InChI=1S/C12H13ClFN3O/c1-8(13)11-15-16-12(18-11)17(2)7-9-4-3-5-10(14)6-9/h3-6,8H,7H2,1-2H3. The molecule has 18 heavy (non-hydrogen) atoms. The fraction of sp³-hybridized carbons (Fsp3) is 0.333. The lowest BCUT2D eigenvalue weighted by molar-refractivity contribution is 0.489. The van der Waals surface area contributed by atoms with Crippen molar-refractivity contribution in [1.29, 1.82) is 0 Å². The molecule has 0 radical (unpaired) electrons. The molecule has 4 nitrogen and oxygen atoms in total. The van der Waals surface area contributed by atoms with Crippen LogP contribution in [0, 0.1) is 5.82 Å². The van der Waals surface area contributed by atoms with Crippen LogP contribution in [0.1, 0.15) is 23.8 Å². The highest BCUT2D eigenvalue weighted by Crippen LogP contribution is 2.21. The summed E-state index contributed by atoms with van der Waals surface area (Å²) in [7, 11) is 1.79. The lowest BCUT2D eigenvalue weighted by atomic mass is 10.2. The van der Waals surface area contributed by atoms with Gasteiger partial charge in [-0.25, -0.2) is 4.39 Å². The number of nitrogens with zero attached hydrogens (tertiary/aromatic N) is 3. The molecule has 2 aromatic rings. The molecule has 1 aromatic carbocycles. The van der Waals surface area contributed by atoms with Crippen LogP contribution >= 0.6 is 11.6 Å². The van der Waals surface area contributed by atoms with E-state index in [9.17, 15) is 4.39 Å². The molecule has 0 aliphatic heterocycles. The van der Waals surface area contributed by atoms with Crippen LogP contribution in [0.15, 0.2) is 28.7 Å². The predicted molar refractivity (Wildman–Crippen MR) is 67.1 cm³/mol. The molecule has 1 atom stereocenters. The summed E-state index contributed by atoms with van der Waals surface area (Å²) in [4.78, 5) is 1.74. The van der Waals surface area contributed by atoms with Crippen molar-refractivity contribution in [3.8, 4) is 0 Å². The number of aromatic nitrogens is 2. The maximum atomic E-state index is 13.0. The maximum absolute atomic E-state index is 13.0. The molecule has 1 aromatic heterocycles. The van der Waals surface area contributed by atoms with E-state index < -0.39 is 0 Å². The van der Waals surface area contributed by atoms with E-state index in [1.54, 1.807) is 24.9 Å². The van der Waals surface area contributed by atoms with Crippen LogP contribution in [0.2, 0.25) is 0 Å². The van der Waals surface area contributed by atoms with Crippen molar-refractivity contribution >= 4 is 17.6 Å². The lowest BCUT2D eigenvalue weighted by Gasteiger charge is -2.13. The average molecular weight is 270 g/mol.